The smallest absolute Gasteiger partial charge is 0.286 e. The maximum Gasteiger partial charge on any atom is 0.286 e. The van der Waals surface area contributed by atoms with Gasteiger partial charge in [0.05, 0.1) is 30.7 Å². The summed E-state index contributed by atoms with van der Waals surface area (Å²) >= 11 is 0. The van der Waals surface area contributed by atoms with Crippen molar-refractivity contribution >= 4 is 39.5 Å². The van der Waals surface area contributed by atoms with Crippen molar-refractivity contribution in [3.8, 4) is 11.5 Å². The van der Waals surface area contributed by atoms with Gasteiger partial charge in [-0.15, -0.1) is 0 Å². The van der Waals surface area contributed by atoms with Gasteiger partial charge in [0.25, 0.3) is 19.9 Å². The number of nitro groups is 1. The lowest BCUT2D eigenvalue weighted by Crippen LogP contribution is -2.50. The normalized spacial score (nSPS) is 16.0. The van der Waals surface area contributed by atoms with Gasteiger partial charge in [0, 0.05) is 18.0 Å². The number of benzene rings is 2. The second-order valence-electron chi connectivity index (χ2n) is 14.6. The topological polar surface area (TPSA) is 117 Å². The van der Waals surface area contributed by atoms with Crippen molar-refractivity contribution in [2.24, 2.45) is 0 Å². The molecule has 0 saturated heterocycles. The summed E-state index contributed by atoms with van der Waals surface area (Å²) in [5.74, 6) is 0.126. The molecule has 0 fully saturated rings. The Morgan fingerprint density at radius 2 is 1.58 bits per heavy atom. The first kappa shape index (κ1) is 36.3. The first-order chi connectivity index (χ1) is 20.8. The molecule has 0 radical (unpaired) electrons. The van der Waals surface area contributed by atoms with Crippen LogP contribution in [0.5, 0.6) is 11.5 Å². The van der Waals surface area contributed by atoms with E-state index in [9.17, 15) is 14.9 Å². The van der Waals surface area contributed by atoms with Gasteiger partial charge in [-0.25, -0.2) is 0 Å². The van der Waals surface area contributed by atoms with Crippen LogP contribution in [0.4, 0.5) is 11.4 Å². The maximum absolute atomic E-state index is 14.3. The SMILES string of the molecule is COc1cc(C(=O)N2C=C(c3ccc(N)cc3)C[C@H]2CO[Si](C)(C)C(C)(C)C)c([N+](=O)[O-])cc1O[Si](C(C)C)(C(C)C)C(C)C. The summed E-state index contributed by atoms with van der Waals surface area (Å²) in [6, 6.07) is 10.00. The van der Waals surface area contributed by atoms with Crippen LogP contribution in [-0.4, -0.2) is 52.1 Å². The number of hydrogen-bond acceptors (Lipinski definition) is 7. The second-order valence-corrected chi connectivity index (χ2v) is 24.8. The summed E-state index contributed by atoms with van der Waals surface area (Å²) in [4.78, 5) is 28.0. The van der Waals surface area contributed by atoms with Crippen LogP contribution in [0.15, 0.2) is 42.6 Å². The van der Waals surface area contributed by atoms with Gasteiger partial charge in [0.2, 0.25) is 0 Å². The van der Waals surface area contributed by atoms with Crippen molar-refractivity contribution in [2.45, 2.75) is 110 Å². The predicted octanol–water partition coefficient (Wildman–Crippen LogP) is 9.02. The summed E-state index contributed by atoms with van der Waals surface area (Å²) in [5, 5.41) is 12.5. The number of nitrogens with zero attached hydrogens (tertiary/aromatic N) is 2. The zero-order valence-corrected chi connectivity index (χ0v) is 31.2. The van der Waals surface area contributed by atoms with Crippen LogP contribution in [0, 0.1) is 10.1 Å². The molecular weight excluding hydrogens is 603 g/mol. The standard InChI is InChI=1S/C34H53N3O6Si2/c1-22(2)45(23(3)4,24(5)6)43-32-19-30(37(39)40)29(18-31(32)41-10)33(38)36-20-26(25-13-15-27(35)16-14-25)17-28(36)21-42-44(11,12)34(7,8)9/h13-16,18-20,22-24,28H,17,21,35H2,1-12H3/t28-/m0/s1. The number of nitrogen functional groups attached to an aromatic ring is 1. The molecule has 11 heteroatoms. The first-order valence-electron chi connectivity index (χ1n) is 15.8. The number of amides is 1. The quantitative estimate of drug-likeness (QED) is 0.105. The summed E-state index contributed by atoms with van der Waals surface area (Å²) in [5.41, 5.74) is 8.80. The molecule has 2 aromatic rings. The molecule has 2 N–H and O–H groups in total. The minimum absolute atomic E-state index is 0.0177. The van der Waals surface area contributed by atoms with Gasteiger partial charge in [0.1, 0.15) is 5.56 Å². The molecule has 0 bridgehead atoms. The van der Waals surface area contributed by atoms with Gasteiger partial charge >= 0.3 is 0 Å². The average Bonchev–Trinajstić information content (AvgIpc) is 3.37. The fraction of sp³-hybridized carbons (Fsp3) is 0.559. The zero-order valence-electron chi connectivity index (χ0n) is 29.2. The predicted molar refractivity (Wildman–Crippen MR) is 188 cm³/mol. The van der Waals surface area contributed by atoms with E-state index in [-0.39, 0.29) is 39.0 Å². The Morgan fingerprint density at radius 1 is 1.02 bits per heavy atom. The monoisotopic (exact) mass is 655 g/mol. The lowest BCUT2D eigenvalue weighted by molar-refractivity contribution is -0.385. The van der Waals surface area contributed by atoms with Gasteiger partial charge in [-0.3, -0.25) is 14.9 Å². The first-order valence-corrected chi connectivity index (χ1v) is 20.9. The van der Waals surface area contributed by atoms with E-state index in [0.29, 0.717) is 30.2 Å². The van der Waals surface area contributed by atoms with Crippen molar-refractivity contribution in [3.05, 3.63) is 63.8 Å². The Balaban J connectivity index is 2.12. The Morgan fingerprint density at radius 3 is 2.04 bits per heavy atom. The van der Waals surface area contributed by atoms with Crippen LogP contribution >= 0.6 is 0 Å². The molecule has 0 aliphatic carbocycles. The molecule has 0 spiro atoms. The van der Waals surface area contributed by atoms with Gasteiger partial charge < -0.3 is 24.2 Å². The summed E-state index contributed by atoms with van der Waals surface area (Å²) in [7, 11) is -3.13. The largest absolute Gasteiger partial charge is 0.540 e. The van der Waals surface area contributed by atoms with Gasteiger partial charge in [0.15, 0.2) is 19.8 Å². The fourth-order valence-electron chi connectivity index (χ4n) is 6.25. The van der Waals surface area contributed by atoms with Crippen LogP contribution < -0.4 is 14.9 Å². The van der Waals surface area contributed by atoms with Gasteiger partial charge in [-0.1, -0.05) is 74.4 Å². The number of carbonyl (C=O) groups excluding carboxylic acids is 1. The molecule has 0 saturated carbocycles. The molecular formula is C34H53N3O6Si2. The van der Waals surface area contributed by atoms with Crippen molar-refractivity contribution in [1.29, 1.82) is 0 Å². The highest BCUT2D eigenvalue weighted by molar-refractivity contribution is 6.78. The molecule has 1 aliphatic rings. The molecule has 248 valence electrons. The van der Waals surface area contributed by atoms with Crippen LogP contribution in [0.3, 0.4) is 0 Å². The van der Waals surface area contributed by atoms with E-state index >= 15 is 0 Å². The Hall–Kier alpha value is -3.16. The number of nitro benzene ring substituents is 1. The Kier molecular flexibility index (Phi) is 11.0. The number of nitrogens with two attached hydrogens (primary N) is 1. The highest BCUT2D eigenvalue weighted by Gasteiger charge is 2.48. The Bertz CT molecular complexity index is 1390. The van der Waals surface area contributed by atoms with Crippen molar-refractivity contribution < 1.29 is 23.3 Å². The third kappa shape index (κ3) is 7.47. The highest BCUT2D eigenvalue weighted by Crippen LogP contribution is 2.47. The third-order valence-electron chi connectivity index (χ3n) is 9.81. The van der Waals surface area contributed by atoms with Crippen molar-refractivity contribution in [3.63, 3.8) is 0 Å². The van der Waals surface area contributed by atoms with E-state index in [2.05, 4.69) is 75.4 Å². The minimum atomic E-state index is -2.48. The lowest BCUT2D eigenvalue weighted by atomic mass is 10.0. The Labute approximate surface area is 271 Å². The number of rotatable bonds is 12. The molecule has 1 amide bonds. The number of methoxy groups -OCH3 is 1. The second kappa shape index (κ2) is 13.7. The molecule has 45 heavy (non-hydrogen) atoms. The van der Waals surface area contributed by atoms with E-state index < -0.39 is 27.5 Å². The minimum Gasteiger partial charge on any atom is -0.540 e. The molecule has 1 heterocycles. The molecule has 2 aromatic carbocycles. The summed E-state index contributed by atoms with van der Waals surface area (Å²) in [6.07, 6.45) is 2.34. The van der Waals surface area contributed by atoms with E-state index in [4.69, 9.17) is 19.3 Å². The lowest BCUT2D eigenvalue weighted by Gasteiger charge is -2.42. The maximum atomic E-state index is 14.3. The molecule has 1 atom stereocenters. The summed E-state index contributed by atoms with van der Waals surface area (Å²) in [6.45, 7) is 24.1. The molecule has 1 aliphatic heterocycles. The van der Waals surface area contributed by atoms with Crippen LogP contribution in [0.25, 0.3) is 5.57 Å². The zero-order chi connectivity index (χ0) is 34.1. The van der Waals surface area contributed by atoms with Crippen molar-refractivity contribution in [2.75, 3.05) is 19.5 Å². The molecule has 0 aromatic heterocycles. The van der Waals surface area contributed by atoms with Gasteiger partial charge in [-0.05, 0) is 64.4 Å². The number of carbonyl (C=O) groups is 1. The third-order valence-corrected chi connectivity index (χ3v) is 20.3. The number of anilines is 1. The molecule has 9 nitrogen and oxygen atoms in total. The van der Waals surface area contributed by atoms with Crippen molar-refractivity contribution in [1.82, 2.24) is 4.90 Å². The number of ether oxygens (including phenoxy) is 1. The van der Waals surface area contributed by atoms with Crippen LogP contribution in [-0.2, 0) is 4.43 Å². The van der Waals surface area contributed by atoms with E-state index in [1.54, 1.807) is 11.1 Å². The van der Waals surface area contributed by atoms with E-state index in [1.165, 1.54) is 19.2 Å². The van der Waals surface area contributed by atoms with Crippen LogP contribution in [0.1, 0.15) is 84.7 Å². The van der Waals surface area contributed by atoms with Crippen LogP contribution in [0.2, 0.25) is 34.8 Å². The van der Waals surface area contributed by atoms with E-state index in [0.717, 1.165) is 11.1 Å². The average molecular weight is 656 g/mol. The van der Waals surface area contributed by atoms with E-state index in [1.807, 2.05) is 24.3 Å². The molecule has 0 unspecified atom stereocenters. The summed E-state index contributed by atoms with van der Waals surface area (Å²) < 4.78 is 19.1. The highest BCUT2D eigenvalue weighted by atomic mass is 28.4. The van der Waals surface area contributed by atoms with Gasteiger partial charge in [-0.2, -0.15) is 0 Å². The molecule has 3 rings (SSSR count). The fourth-order valence-corrected chi connectivity index (χ4v) is 12.5. The number of hydrogen-bond donors (Lipinski definition) is 1.